The van der Waals surface area contributed by atoms with Crippen LogP contribution >= 0.6 is 11.6 Å². The van der Waals surface area contributed by atoms with Crippen LogP contribution in [0.2, 0.25) is 5.02 Å². The summed E-state index contributed by atoms with van der Waals surface area (Å²) in [5, 5.41) is 0.438. The molecule has 2 aromatic rings. The normalized spacial score (nSPS) is 11.3. The van der Waals surface area contributed by atoms with E-state index in [-0.39, 0.29) is 36.1 Å². The number of nitrogens with one attached hydrogen (secondary N) is 1. The SMILES string of the molecule is CN(Cc1cccc(F)c1)C(=O)CCNS(=O)(=O)c1ccc(Cl)cc1. The van der Waals surface area contributed by atoms with Crippen molar-refractivity contribution < 1.29 is 17.6 Å². The molecule has 0 atom stereocenters. The first-order chi connectivity index (χ1) is 11.8. The number of sulfonamides is 1. The van der Waals surface area contributed by atoms with Crippen LogP contribution in [0.5, 0.6) is 0 Å². The van der Waals surface area contributed by atoms with Crippen LogP contribution in [0, 0.1) is 5.82 Å². The molecule has 0 heterocycles. The molecule has 2 rings (SSSR count). The van der Waals surface area contributed by atoms with E-state index in [1.54, 1.807) is 19.2 Å². The van der Waals surface area contributed by atoms with Gasteiger partial charge >= 0.3 is 0 Å². The molecule has 134 valence electrons. The molecule has 0 saturated carbocycles. The largest absolute Gasteiger partial charge is 0.341 e. The smallest absolute Gasteiger partial charge is 0.240 e. The van der Waals surface area contributed by atoms with Gasteiger partial charge < -0.3 is 4.90 Å². The van der Waals surface area contributed by atoms with Gasteiger partial charge in [0.25, 0.3) is 0 Å². The van der Waals surface area contributed by atoms with E-state index in [9.17, 15) is 17.6 Å². The van der Waals surface area contributed by atoms with E-state index >= 15 is 0 Å². The highest BCUT2D eigenvalue weighted by Crippen LogP contribution is 2.14. The first kappa shape index (κ1) is 19.4. The van der Waals surface area contributed by atoms with Crippen LogP contribution in [0.1, 0.15) is 12.0 Å². The van der Waals surface area contributed by atoms with Crippen LogP contribution in [0.25, 0.3) is 0 Å². The van der Waals surface area contributed by atoms with Gasteiger partial charge in [0.2, 0.25) is 15.9 Å². The van der Waals surface area contributed by atoms with Gasteiger partial charge in [-0.3, -0.25) is 4.79 Å². The summed E-state index contributed by atoms with van der Waals surface area (Å²) in [4.78, 5) is 13.6. The highest BCUT2D eigenvalue weighted by molar-refractivity contribution is 7.89. The third-order valence-corrected chi connectivity index (χ3v) is 5.22. The average molecular weight is 385 g/mol. The zero-order chi connectivity index (χ0) is 18.4. The Kier molecular flexibility index (Phi) is 6.52. The maximum absolute atomic E-state index is 13.2. The Bertz CT molecular complexity index is 841. The molecule has 1 amide bonds. The van der Waals surface area contributed by atoms with Crippen LogP contribution in [0.15, 0.2) is 53.4 Å². The molecule has 2 aromatic carbocycles. The molecule has 8 heteroatoms. The quantitative estimate of drug-likeness (QED) is 0.798. The number of hydrogen-bond donors (Lipinski definition) is 1. The molecule has 0 spiro atoms. The summed E-state index contributed by atoms with van der Waals surface area (Å²) >= 11 is 5.73. The molecule has 0 saturated heterocycles. The van der Waals surface area contributed by atoms with E-state index in [0.29, 0.717) is 10.6 Å². The molecule has 0 unspecified atom stereocenters. The van der Waals surface area contributed by atoms with Crippen molar-refractivity contribution in [2.75, 3.05) is 13.6 Å². The Morgan fingerprint density at radius 3 is 2.52 bits per heavy atom. The number of benzene rings is 2. The van der Waals surface area contributed by atoms with Gasteiger partial charge in [0.05, 0.1) is 4.90 Å². The molecule has 1 N–H and O–H groups in total. The van der Waals surface area contributed by atoms with Crippen LogP contribution in [-0.4, -0.2) is 32.8 Å². The molecule has 0 bridgehead atoms. The van der Waals surface area contributed by atoms with E-state index in [4.69, 9.17) is 11.6 Å². The Morgan fingerprint density at radius 1 is 1.20 bits per heavy atom. The van der Waals surface area contributed by atoms with Crippen molar-refractivity contribution in [3.63, 3.8) is 0 Å². The van der Waals surface area contributed by atoms with Crippen LogP contribution in [0.3, 0.4) is 0 Å². The maximum atomic E-state index is 13.2. The topological polar surface area (TPSA) is 66.5 Å². The fourth-order valence-corrected chi connectivity index (χ4v) is 3.34. The van der Waals surface area contributed by atoms with Crippen molar-refractivity contribution in [1.29, 1.82) is 0 Å². The summed E-state index contributed by atoms with van der Waals surface area (Å²) in [7, 11) is -2.11. The van der Waals surface area contributed by atoms with Crippen molar-refractivity contribution >= 4 is 27.5 Å². The first-order valence-electron chi connectivity index (χ1n) is 7.51. The lowest BCUT2D eigenvalue weighted by Gasteiger charge is -2.17. The summed E-state index contributed by atoms with van der Waals surface area (Å²) in [6.45, 7) is 0.220. The number of carbonyl (C=O) groups is 1. The molecular formula is C17H18ClFN2O3S. The second-order valence-electron chi connectivity index (χ2n) is 5.48. The van der Waals surface area contributed by atoms with Crippen molar-refractivity contribution in [2.45, 2.75) is 17.9 Å². The van der Waals surface area contributed by atoms with Gasteiger partial charge in [-0.2, -0.15) is 0 Å². The Hall–Kier alpha value is -1.96. The minimum absolute atomic E-state index is 0.00135. The highest BCUT2D eigenvalue weighted by atomic mass is 35.5. The molecule has 0 radical (unpaired) electrons. The zero-order valence-corrected chi connectivity index (χ0v) is 15.1. The Morgan fingerprint density at radius 2 is 1.88 bits per heavy atom. The molecule has 5 nitrogen and oxygen atoms in total. The number of nitrogens with zero attached hydrogens (tertiary/aromatic N) is 1. The van der Waals surface area contributed by atoms with Gasteiger partial charge in [-0.15, -0.1) is 0 Å². The third-order valence-electron chi connectivity index (χ3n) is 3.49. The number of amides is 1. The van der Waals surface area contributed by atoms with Crippen LogP contribution < -0.4 is 4.72 Å². The minimum atomic E-state index is -3.69. The summed E-state index contributed by atoms with van der Waals surface area (Å²) in [6, 6.07) is 11.7. The molecule has 0 aromatic heterocycles. The lowest BCUT2D eigenvalue weighted by Crippen LogP contribution is -2.32. The van der Waals surface area contributed by atoms with E-state index in [2.05, 4.69) is 4.72 Å². The lowest BCUT2D eigenvalue weighted by atomic mass is 10.2. The highest BCUT2D eigenvalue weighted by Gasteiger charge is 2.15. The number of hydrogen-bond acceptors (Lipinski definition) is 3. The molecule has 0 fully saturated rings. The number of rotatable bonds is 7. The van der Waals surface area contributed by atoms with E-state index in [1.165, 1.54) is 41.3 Å². The summed E-state index contributed by atoms with van der Waals surface area (Å²) in [5.41, 5.74) is 0.664. The molecule has 0 aliphatic rings. The van der Waals surface area contributed by atoms with Gasteiger partial charge in [-0.05, 0) is 42.0 Å². The monoisotopic (exact) mass is 384 g/mol. The van der Waals surface area contributed by atoms with Crippen molar-refractivity contribution in [2.24, 2.45) is 0 Å². The molecule has 0 aliphatic carbocycles. The predicted octanol–water partition coefficient (Wildman–Crippen LogP) is 2.81. The molecule has 0 aliphatic heterocycles. The lowest BCUT2D eigenvalue weighted by molar-refractivity contribution is -0.130. The molecular weight excluding hydrogens is 367 g/mol. The van der Waals surface area contributed by atoms with E-state index in [1.807, 2.05) is 0 Å². The zero-order valence-electron chi connectivity index (χ0n) is 13.6. The Labute approximate surface area is 151 Å². The minimum Gasteiger partial charge on any atom is -0.341 e. The van der Waals surface area contributed by atoms with Crippen molar-refractivity contribution in [1.82, 2.24) is 9.62 Å². The van der Waals surface area contributed by atoms with Crippen molar-refractivity contribution in [3.8, 4) is 0 Å². The predicted molar refractivity (Wildman–Crippen MR) is 94.1 cm³/mol. The van der Waals surface area contributed by atoms with Gasteiger partial charge in [-0.25, -0.2) is 17.5 Å². The van der Waals surface area contributed by atoms with Gasteiger partial charge in [0, 0.05) is 31.6 Å². The van der Waals surface area contributed by atoms with Crippen LogP contribution in [0.4, 0.5) is 4.39 Å². The summed E-state index contributed by atoms with van der Waals surface area (Å²) in [5.74, 6) is -0.614. The van der Waals surface area contributed by atoms with E-state index < -0.39 is 10.0 Å². The fraction of sp³-hybridized carbons (Fsp3) is 0.235. The van der Waals surface area contributed by atoms with Gasteiger partial charge in [-0.1, -0.05) is 23.7 Å². The second kappa shape index (κ2) is 8.42. The molecule has 25 heavy (non-hydrogen) atoms. The van der Waals surface area contributed by atoms with E-state index in [0.717, 1.165) is 0 Å². The number of halogens is 2. The fourth-order valence-electron chi connectivity index (χ4n) is 2.18. The maximum Gasteiger partial charge on any atom is 0.240 e. The standard InChI is InChI=1S/C17H18ClFN2O3S/c1-21(12-13-3-2-4-15(19)11-13)17(22)9-10-20-25(23,24)16-7-5-14(18)6-8-16/h2-8,11,20H,9-10,12H2,1H3. The summed E-state index contributed by atoms with van der Waals surface area (Å²) < 4.78 is 39.7. The Balaban J connectivity index is 1.86. The first-order valence-corrected chi connectivity index (χ1v) is 9.38. The van der Waals surface area contributed by atoms with Crippen molar-refractivity contribution in [3.05, 3.63) is 64.9 Å². The number of carbonyl (C=O) groups excluding carboxylic acids is 1. The van der Waals surface area contributed by atoms with Gasteiger partial charge in [0.15, 0.2) is 0 Å². The summed E-state index contributed by atoms with van der Waals surface area (Å²) in [6.07, 6.45) is -0.00135. The van der Waals surface area contributed by atoms with Crippen LogP contribution in [-0.2, 0) is 21.4 Å². The average Bonchev–Trinajstić information content (AvgIpc) is 2.55. The third kappa shape index (κ3) is 5.81. The van der Waals surface area contributed by atoms with Gasteiger partial charge in [0.1, 0.15) is 5.82 Å². The second-order valence-corrected chi connectivity index (χ2v) is 7.68.